The second-order valence-corrected chi connectivity index (χ2v) is 21.9. The minimum atomic E-state index is -1.22. The van der Waals surface area contributed by atoms with Gasteiger partial charge in [0.1, 0.15) is 6.15 Å². The maximum Gasteiger partial charge on any atom is 3.00 e. The molecule has 0 saturated carbocycles. The zero-order valence-electron chi connectivity index (χ0n) is 49.0. The number of nitrogens with zero attached hydrogens (tertiary/aromatic N) is 4. The SMILES string of the molecule is C1CCOC1.C1CCOC1.CC(C)N=C[N-]C(C)C.CC(C)c1cccc(C(C)C)c1N=C([N-]c1c(C(C)C)cccc1C(C)C)c1ccccc1.[Lu+3].c1ccc([B-](c2ccccc2)(c2ccccc2)c2ccccc2)cc1. The van der Waals surface area contributed by atoms with E-state index < -0.39 is 6.15 Å². The van der Waals surface area contributed by atoms with Gasteiger partial charge in [0, 0.05) is 26.4 Å². The molecule has 2 saturated heterocycles. The molecule has 0 bridgehead atoms. The van der Waals surface area contributed by atoms with Crippen LogP contribution in [0, 0.1) is 36.9 Å². The number of ether oxygens (including phenoxy) is 2. The number of rotatable bonds is 14. The van der Waals surface area contributed by atoms with Crippen LogP contribution < -0.4 is 21.9 Å². The Bertz CT molecular complexity index is 2520. The average Bonchev–Trinajstić information content (AvgIpc) is 4.26. The van der Waals surface area contributed by atoms with Crippen molar-refractivity contribution >= 4 is 51.5 Å². The average molecular weight is 1210 g/mol. The molecule has 2 aliphatic heterocycles. The first-order valence-electron chi connectivity index (χ1n) is 28.6. The summed E-state index contributed by atoms with van der Waals surface area (Å²) < 4.78 is 9.89. The van der Waals surface area contributed by atoms with Crippen LogP contribution in [-0.2, 0) is 9.47 Å². The number of para-hydroxylation sites is 2. The first kappa shape index (κ1) is 65.2. The van der Waals surface area contributed by atoms with Gasteiger partial charge in [-0.25, -0.2) is 0 Å². The summed E-state index contributed by atoms with van der Waals surface area (Å²) in [6, 6.07) is 67.8. The molecule has 7 aromatic carbocycles. The van der Waals surface area contributed by atoms with E-state index in [2.05, 4.69) is 248 Å². The first-order valence-corrected chi connectivity index (χ1v) is 28.6. The van der Waals surface area contributed by atoms with Crippen molar-refractivity contribution in [1.29, 1.82) is 0 Å². The van der Waals surface area contributed by atoms with Crippen LogP contribution in [0.1, 0.15) is 160 Å². The van der Waals surface area contributed by atoms with Gasteiger partial charge in [-0.2, -0.15) is 21.9 Å². The molecule has 78 heavy (non-hydrogen) atoms. The molecule has 2 aliphatic rings. The zero-order valence-corrected chi connectivity index (χ0v) is 50.7. The number of benzene rings is 7. The van der Waals surface area contributed by atoms with Crippen molar-refractivity contribution in [1.82, 2.24) is 0 Å². The third kappa shape index (κ3) is 20.1. The summed E-state index contributed by atoms with van der Waals surface area (Å²) in [6.45, 7) is 30.0. The zero-order chi connectivity index (χ0) is 55.4. The number of hydrogen-bond acceptors (Lipinski definition) is 4. The van der Waals surface area contributed by atoms with E-state index in [9.17, 15) is 0 Å². The topological polar surface area (TPSA) is 71.4 Å². The van der Waals surface area contributed by atoms with Crippen LogP contribution in [0.3, 0.4) is 0 Å². The molecule has 2 heterocycles. The van der Waals surface area contributed by atoms with Gasteiger partial charge in [-0.05, 0) is 101 Å². The van der Waals surface area contributed by atoms with E-state index in [0.717, 1.165) is 49.2 Å². The Morgan fingerprint density at radius 3 is 1.03 bits per heavy atom. The first-order chi connectivity index (χ1) is 37.2. The molecule has 7 aromatic rings. The third-order valence-corrected chi connectivity index (χ3v) is 13.7. The Morgan fingerprint density at radius 2 is 0.744 bits per heavy atom. The van der Waals surface area contributed by atoms with Crippen LogP contribution in [0.5, 0.6) is 0 Å². The Morgan fingerprint density at radius 1 is 0.423 bits per heavy atom. The van der Waals surface area contributed by atoms with Gasteiger partial charge in [0.05, 0.1) is 0 Å². The molecule has 0 radical (unpaired) electrons. The molecular formula is C70H90BLuN4O2. The van der Waals surface area contributed by atoms with Crippen LogP contribution in [-0.4, -0.2) is 56.8 Å². The third-order valence-electron chi connectivity index (χ3n) is 13.7. The molecule has 0 amide bonds. The largest absolute Gasteiger partial charge is 3.00 e. The minimum Gasteiger partial charge on any atom is -0.469 e. The predicted octanol–water partition coefficient (Wildman–Crippen LogP) is 16.8. The molecule has 0 spiro atoms. The fourth-order valence-electron chi connectivity index (χ4n) is 9.68. The standard InChI is InChI=1S/C31H39N2.C24H20B.C7H15N2.2C4H8O.Lu/c1-20(2)25-16-12-17-26(21(3)4)29(25)32-31(24-14-10-9-11-15-24)33-30-27(22(5)6)18-13-19-28(30)23(7)8;1-5-13-21(14-6-1)25(22-15-7-2-8-16-22,23-17-9-3-10-18-23)24-19-11-4-12-20-24;1-6(2)8-5-9-7(3)4;2*1-2-4-5-3-1;/h9-23H,1-8H3;1-20H;5-7H,1-4H3;2*1-4H2;/q3*-1;;;+3. The summed E-state index contributed by atoms with van der Waals surface area (Å²) in [6.07, 6.45) is 5.54. The van der Waals surface area contributed by atoms with Crippen molar-refractivity contribution in [2.24, 2.45) is 9.98 Å². The Hall–Kier alpha value is -5.30. The van der Waals surface area contributed by atoms with Crippen LogP contribution in [0.25, 0.3) is 10.6 Å². The van der Waals surface area contributed by atoms with Gasteiger partial charge in [-0.15, -0.1) is 6.34 Å². The van der Waals surface area contributed by atoms with E-state index in [1.165, 1.54) is 69.8 Å². The van der Waals surface area contributed by atoms with Crippen molar-refractivity contribution in [2.75, 3.05) is 26.4 Å². The van der Waals surface area contributed by atoms with E-state index in [1.54, 1.807) is 6.34 Å². The molecule has 0 aromatic heterocycles. The Labute approximate surface area is 501 Å². The molecule has 0 N–H and O–H groups in total. The van der Waals surface area contributed by atoms with Crippen molar-refractivity contribution in [3.8, 4) is 0 Å². The smallest absolute Gasteiger partial charge is 0.469 e. The van der Waals surface area contributed by atoms with Gasteiger partial charge in [0.15, 0.2) is 0 Å². The molecule has 2 fully saturated rings. The van der Waals surface area contributed by atoms with E-state index >= 15 is 0 Å². The van der Waals surface area contributed by atoms with Gasteiger partial charge in [0.25, 0.3) is 0 Å². The molecule has 0 aliphatic carbocycles. The van der Waals surface area contributed by atoms with Crippen LogP contribution in [0.15, 0.2) is 198 Å². The molecule has 8 heteroatoms. The maximum absolute atomic E-state index is 5.32. The van der Waals surface area contributed by atoms with Crippen LogP contribution >= 0.6 is 0 Å². The monoisotopic (exact) mass is 1200 g/mol. The van der Waals surface area contributed by atoms with Crippen molar-refractivity contribution in [3.05, 3.63) is 227 Å². The molecule has 9 rings (SSSR count). The summed E-state index contributed by atoms with van der Waals surface area (Å²) >= 11 is 0. The quantitative estimate of drug-likeness (QED) is 0.0618. The van der Waals surface area contributed by atoms with Gasteiger partial charge in [-0.1, -0.05) is 277 Å². The molecular weight excluding hydrogens is 1110 g/mol. The Kier molecular flexibility index (Phi) is 29.6. The van der Waals surface area contributed by atoms with Gasteiger partial charge < -0.3 is 30.1 Å². The Balaban J connectivity index is 0.000000253. The van der Waals surface area contributed by atoms with E-state index in [4.69, 9.17) is 19.8 Å². The van der Waals surface area contributed by atoms with Crippen LogP contribution in [0.2, 0.25) is 0 Å². The maximum atomic E-state index is 5.32. The number of aliphatic imine (C=N–C) groups is 2. The van der Waals surface area contributed by atoms with Gasteiger partial charge in [0.2, 0.25) is 0 Å². The summed E-state index contributed by atoms with van der Waals surface area (Å²) in [7, 11) is 0. The summed E-state index contributed by atoms with van der Waals surface area (Å²) in [5.41, 5.74) is 13.6. The van der Waals surface area contributed by atoms with E-state index in [-0.39, 0.29) is 36.9 Å². The molecule has 0 atom stereocenters. The molecule has 0 unspecified atom stereocenters. The van der Waals surface area contributed by atoms with Crippen molar-refractivity contribution in [2.45, 2.75) is 145 Å². The van der Waals surface area contributed by atoms with Crippen molar-refractivity contribution in [3.63, 3.8) is 0 Å². The number of amidine groups is 1. The molecule has 420 valence electrons. The number of hydrogen-bond donors (Lipinski definition) is 0. The summed E-state index contributed by atoms with van der Waals surface area (Å²) in [4.78, 5) is 9.39. The second-order valence-electron chi connectivity index (χ2n) is 21.9. The van der Waals surface area contributed by atoms with Gasteiger partial charge >= 0.3 is 36.9 Å². The fourth-order valence-corrected chi connectivity index (χ4v) is 9.68. The van der Waals surface area contributed by atoms with Gasteiger partial charge in [-0.3, -0.25) is 0 Å². The van der Waals surface area contributed by atoms with Crippen LogP contribution in [0.4, 0.5) is 11.4 Å². The van der Waals surface area contributed by atoms with Crippen molar-refractivity contribution < 1.29 is 46.3 Å². The molecule has 6 nitrogen and oxygen atoms in total. The minimum absolute atomic E-state index is 0. The second kappa shape index (κ2) is 35.3. The van der Waals surface area contributed by atoms with E-state index in [0.29, 0.717) is 35.8 Å². The predicted molar refractivity (Wildman–Crippen MR) is 337 cm³/mol. The fraction of sp³-hybridized carbons (Fsp3) is 0.371. The normalized spacial score (nSPS) is 13.2. The summed E-state index contributed by atoms with van der Waals surface area (Å²) in [5.74, 6) is 2.31. The summed E-state index contributed by atoms with van der Waals surface area (Å²) in [5, 5.41) is 9.39. The van der Waals surface area contributed by atoms with E-state index in [1.807, 2.05) is 33.8 Å².